The van der Waals surface area contributed by atoms with E-state index in [4.69, 9.17) is 10.2 Å². The van der Waals surface area contributed by atoms with Gasteiger partial charge in [0.05, 0.1) is 6.61 Å². The number of hydrogen-bond acceptors (Lipinski definition) is 3. The lowest BCUT2D eigenvalue weighted by molar-refractivity contribution is -0.131. The number of aliphatic carboxylic acids is 1. The maximum atomic E-state index is 10.4. The Balaban J connectivity index is 2.71. The Morgan fingerprint density at radius 1 is 1.38 bits per heavy atom. The van der Waals surface area contributed by atoms with Crippen molar-refractivity contribution in [2.24, 2.45) is 0 Å². The highest BCUT2D eigenvalue weighted by molar-refractivity contribution is 7.98. The molecule has 0 atom stereocenters. The first-order valence-electron chi connectivity index (χ1n) is 4.91. The number of rotatable bonds is 6. The van der Waals surface area contributed by atoms with E-state index in [1.807, 2.05) is 24.3 Å². The lowest BCUT2D eigenvalue weighted by Gasteiger charge is -2.04. The van der Waals surface area contributed by atoms with Crippen molar-refractivity contribution in [2.75, 3.05) is 12.4 Å². The number of benzene rings is 1. The Morgan fingerprint density at radius 3 is 2.81 bits per heavy atom. The summed E-state index contributed by atoms with van der Waals surface area (Å²) in [5, 5.41) is 17.2. The second kappa shape index (κ2) is 7.09. The molecule has 0 aliphatic heterocycles. The van der Waals surface area contributed by atoms with Gasteiger partial charge in [-0.3, -0.25) is 0 Å². The number of carbonyl (C=O) groups is 1. The Bertz CT molecular complexity index is 374. The summed E-state index contributed by atoms with van der Waals surface area (Å²) in [6.45, 7) is 0.164. The van der Waals surface area contributed by atoms with Crippen molar-refractivity contribution in [3.8, 4) is 0 Å². The third kappa shape index (κ3) is 4.51. The Morgan fingerprint density at radius 2 is 2.12 bits per heavy atom. The minimum atomic E-state index is -0.946. The van der Waals surface area contributed by atoms with E-state index < -0.39 is 5.97 Å². The van der Waals surface area contributed by atoms with Crippen LogP contribution in [0.15, 0.2) is 30.3 Å². The van der Waals surface area contributed by atoms with Gasteiger partial charge in [0.25, 0.3) is 0 Å². The molecule has 1 rings (SSSR count). The minimum Gasteiger partial charge on any atom is -0.478 e. The molecule has 0 aliphatic rings. The van der Waals surface area contributed by atoms with Gasteiger partial charge in [-0.25, -0.2) is 4.79 Å². The molecule has 0 unspecified atom stereocenters. The van der Waals surface area contributed by atoms with Crippen LogP contribution in [0.5, 0.6) is 0 Å². The standard InChI is InChI=1S/C12H14O3S/c13-7-8-16-9-11-4-2-1-3-10(11)5-6-12(14)15/h1-6,13H,7-9H2,(H,14,15)/b6-5+. The summed E-state index contributed by atoms with van der Waals surface area (Å²) in [5.74, 6) is 0.523. The first-order chi connectivity index (χ1) is 7.74. The van der Waals surface area contributed by atoms with E-state index >= 15 is 0 Å². The molecule has 16 heavy (non-hydrogen) atoms. The van der Waals surface area contributed by atoms with E-state index in [2.05, 4.69) is 0 Å². The second-order valence-corrected chi connectivity index (χ2v) is 4.25. The molecule has 86 valence electrons. The van der Waals surface area contributed by atoms with Crippen LogP contribution in [0.2, 0.25) is 0 Å². The molecule has 0 aliphatic carbocycles. The van der Waals surface area contributed by atoms with Crippen LogP contribution in [0.1, 0.15) is 11.1 Å². The number of carboxylic acids is 1. The highest BCUT2D eigenvalue weighted by Gasteiger charge is 1.99. The van der Waals surface area contributed by atoms with Gasteiger partial charge in [0.2, 0.25) is 0 Å². The van der Waals surface area contributed by atoms with Gasteiger partial charge in [0.15, 0.2) is 0 Å². The zero-order valence-corrected chi connectivity index (χ0v) is 9.61. The van der Waals surface area contributed by atoms with Gasteiger partial charge in [-0.15, -0.1) is 0 Å². The number of aliphatic hydroxyl groups is 1. The predicted molar refractivity (Wildman–Crippen MR) is 66.4 cm³/mol. The van der Waals surface area contributed by atoms with Crippen molar-refractivity contribution in [1.82, 2.24) is 0 Å². The van der Waals surface area contributed by atoms with Crippen molar-refractivity contribution >= 4 is 23.8 Å². The average molecular weight is 238 g/mol. The monoisotopic (exact) mass is 238 g/mol. The highest BCUT2D eigenvalue weighted by Crippen LogP contribution is 2.17. The molecule has 2 N–H and O–H groups in total. The SMILES string of the molecule is O=C(O)/C=C/c1ccccc1CSCCO. The molecule has 0 bridgehead atoms. The topological polar surface area (TPSA) is 57.5 Å². The summed E-state index contributed by atoms with van der Waals surface area (Å²) < 4.78 is 0. The molecule has 0 heterocycles. The van der Waals surface area contributed by atoms with E-state index in [9.17, 15) is 4.79 Å². The number of thioether (sulfide) groups is 1. The van der Waals surface area contributed by atoms with Crippen LogP contribution in [0.3, 0.4) is 0 Å². The molecule has 0 radical (unpaired) electrons. The highest BCUT2D eigenvalue weighted by atomic mass is 32.2. The van der Waals surface area contributed by atoms with Gasteiger partial charge in [-0.05, 0) is 17.2 Å². The van der Waals surface area contributed by atoms with Crippen molar-refractivity contribution in [1.29, 1.82) is 0 Å². The summed E-state index contributed by atoms with van der Waals surface area (Å²) in [6.07, 6.45) is 2.73. The van der Waals surface area contributed by atoms with E-state index in [1.165, 1.54) is 0 Å². The van der Waals surface area contributed by atoms with Crippen LogP contribution in [-0.4, -0.2) is 28.5 Å². The largest absolute Gasteiger partial charge is 0.478 e. The Hall–Kier alpha value is -1.26. The van der Waals surface area contributed by atoms with Crippen LogP contribution < -0.4 is 0 Å². The predicted octanol–water partition coefficient (Wildman–Crippen LogP) is 2.01. The molecule has 0 saturated heterocycles. The molecule has 4 heteroatoms. The molecule has 0 fully saturated rings. The van der Waals surface area contributed by atoms with Gasteiger partial charge >= 0.3 is 5.97 Å². The molecular formula is C12H14O3S. The fourth-order valence-electron chi connectivity index (χ4n) is 1.24. The average Bonchev–Trinajstić information content (AvgIpc) is 2.28. The van der Waals surface area contributed by atoms with Crippen molar-refractivity contribution in [3.05, 3.63) is 41.5 Å². The summed E-state index contributed by atoms with van der Waals surface area (Å²) in [5.41, 5.74) is 1.99. The van der Waals surface area contributed by atoms with E-state index in [-0.39, 0.29) is 6.61 Å². The van der Waals surface area contributed by atoms with Gasteiger partial charge < -0.3 is 10.2 Å². The quantitative estimate of drug-likeness (QED) is 0.588. The molecule has 0 amide bonds. The van der Waals surface area contributed by atoms with Crippen LogP contribution in [0, 0.1) is 0 Å². The third-order valence-corrected chi connectivity index (χ3v) is 2.94. The Labute approximate surface area is 98.8 Å². The molecule has 0 saturated carbocycles. The zero-order valence-electron chi connectivity index (χ0n) is 8.80. The Kier molecular flexibility index (Phi) is 5.67. The second-order valence-electron chi connectivity index (χ2n) is 3.15. The maximum absolute atomic E-state index is 10.4. The summed E-state index contributed by atoms with van der Waals surface area (Å²) >= 11 is 1.62. The smallest absolute Gasteiger partial charge is 0.328 e. The fraction of sp³-hybridized carbons (Fsp3) is 0.250. The van der Waals surface area contributed by atoms with E-state index in [0.717, 1.165) is 23.0 Å². The van der Waals surface area contributed by atoms with Gasteiger partial charge in [0, 0.05) is 17.6 Å². The van der Waals surface area contributed by atoms with Gasteiger partial charge in [-0.2, -0.15) is 11.8 Å². The van der Waals surface area contributed by atoms with Crippen LogP contribution in [0.4, 0.5) is 0 Å². The molecule has 1 aromatic rings. The van der Waals surface area contributed by atoms with Crippen LogP contribution in [-0.2, 0) is 10.5 Å². The summed E-state index contributed by atoms with van der Waals surface area (Å²) in [6, 6.07) is 7.65. The number of hydrogen-bond donors (Lipinski definition) is 2. The molecular weight excluding hydrogens is 224 g/mol. The lowest BCUT2D eigenvalue weighted by atomic mass is 10.1. The normalized spacial score (nSPS) is 10.8. The van der Waals surface area contributed by atoms with Crippen molar-refractivity contribution < 1.29 is 15.0 Å². The van der Waals surface area contributed by atoms with Crippen LogP contribution >= 0.6 is 11.8 Å². The molecule has 1 aromatic carbocycles. The summed E-state index contributed by atoms with van der Waals surface area (Å²) in [7, 11) is 0. The molecule has 0 aromatic heterocycles. The molecule has 3 nitrogen and oxygen atoms in total. The van der Waals surface area contributed by atoms with Gasteiger partial charge in [0.1, 0.15) is 0 Å². The molecule has 0 spiro atoms. The number of carboxylic acid groups (broad SMARTS) is 1. The first-order valence-corrected chi connectivity index (χ1v) is 6.07. The van der Waals surface area contributed by atoms with Crippen LogP contribution in [0.25, 0.3) is 6.08 Å². The van der Waals surface area contributed by atoms with Gasteiger partial charge in [-0.1, -0.05) is 24.3 Å². The van der Waals surface area contributed by atoms with E-state index in [0.29, 0.717) is 5.75 Å². The van der Waals surface area contributed by atoms with Crippen molar-refractivity contribution in [3.63, 3.8) is 0 Å². The summed E-state index contributed by atoms with van der Waals surface area (Å²) in [4.78, 5) is 10.4. The first kappa shape index (κ1) is 12.8. The van der Waals surface area contributed by atoms with Crippen molar-refractivity contribution in [2.45, 2.75) is 5.75 Å². The maximum Gasteiger partial charge on any atom is 0.328 e. The zero-order chi connectivity index (χ0) is 11.8. The minimum absolute atomic E-state index is 0.164. The number of aliphatic hydroxyl groups excluding tert-OH is 1. The van der Waals surface area contributed by atoms with E-state index in [1.54, 1.807) is 17.8 Å². The third-order valence-electron chi connectivity index (χ3n) is 1.95. The lowest BCUT2D eigenvalue weighted by Crippen LogP contribution is -1.91. The fourth-order valence-corrected chi connectivity index (χ4v) is 1.99.